The molecule has 2 aromatic rings. The number of rotatable bonds is 5. The van der Waals surface area contributed by atoms with Crippen LogP contribution in [0.5, 0.6) is 0 Å². The van der Waals surface area contributed by atoms with E-state index in [0.717, 1.165) is 12.5 Å². The lowest BCUT2D eigenvalue weighted by Crippen LogP contribution is -2.07. The maximum absolute atomic E-state index is 12.7. The molecule has 0 aliphatic heterocycles. The monoisotopic (exact) mass is 319 g/mol. The molecule has 4 nitrogen and oxygen atoms in total. The molecule has 0 unspecified atom stereocenters. The van der Waals surface area contributed by atoms with E-state index in [1.165, 1.54) is 12.1 Å². The van der Waals surface area contributed by atoms with Crippen molar-refractivity contribution in [2.75, 3.05) is 5.32 Å². The summed E-state index contributed by atoms with van der Waals surface area (Å²) in [5, 5.41) is 6.23. The molecule has 0 aliphatic carbocycles. The van der Waals surface area contributed by atoms with Gasteiger partial charge in [-0.05, 0) is 24.6 Å². The fourth-order valence-corrected chi connectivity index (χ4v) is 1.94. The number of hydrogen-bond donors (Lipinski definition) is 1. The Bertz CT molecular complexity index is 613. The Kier molecular flexibility index (Phi) is 4.72. The molecule has 0 atom stereocenters. The predicted octanol–water partition coefficient (Wildman–Crippen LogP) is 4.31. The summed E-state index contributed by atoms with van der Waals surface area (Å²) in [4.78, 5) is 4.12. The van der Waals surface area contributed by atoms with Gasteiger partial charge in [0.2, 0.25) is 5.89 Å². The molecule has 21 heavy (non-hydrogen) atoms. The number of halogens is 4. The third-order valence-electron chi connectivity index (χ3n) is 2.70. The summed E-state index contributed by atoms with van der Waals surface area (Å²) in [7, 11) is 0. The van der Waals surface area contributed by atoms with E-state index in [0.29, 0.717) is 18.1 Å². The Morgan fingerprint density at radius 3 is 2.76 bits per heavy atom. The minimum absolute atomic E-state index is 0.148. The van der Waals surface area contributed by atoms with Gasteiger partial charge in [-0.2, -0.15) is 18.2 Å². The molecule has 0 spiro atoms. The standard InChI is InChI=1S/C13H13ClF3N3O/c1-2-3-11-19-12(21-20-11)7-18-8-4-5-10(14)9(6-8)13(15,16)17/h4-6,18H,2-3,7H2,1H3. The summed E-state index contributed by atoms with van der Waals surface area (Å²) >= 11 is 5.55. The van der Waals surface area contributed by atoms with Gasteiger partial charge in [-0.15, -0.1) is 0 Å². The van der Waals surface area contributed by atoms with Gasteiger partial charge >= 0.3 is 6.18 Å². The summed E-state index contributed by atoms with van der Waals surface area (Å²) in [5.41, 5.74) is -0.603. The molecule has 1 heterocycles. The molecule has 1 N–H and O–H groups in total. The van der Waals surface area contributed by atoms with Crippen LogP contribution in [-0.4, -0.2) is 10.1 Å². The van der Waals surface area contributed by atoms with Crippen LogP contribution < -0.4 is 5.32 Å². The highest BCUT2D eigenvalue weighted by molar-refractivity contribution is 6.31. The second kappa shape index (κ2) is 6.34. The van der Waals surface area contributed by atoms with Crippen molar-refractivity contribution < 1.29 is 17.7 Å². The molecule has 8 heteroatoms. The second-order valence-electron chi connectivity index (χ2n) is 4.40. The minimum atomic E-state index is -4.49. The predicted molar refractivity (Wildman–Crippen MR) is 72.1 cm³/mol. The van der Waals surface area contributed by atoms with E-state index in [9.17, 15) is 13.2 Å². The van der Waals surface area contributed by atoms with Crippen LogP contribution in [0.1, 0.15) is 30.6 Å². The molecule has 0 aliphatic rings. The molecule has 0 saturated carbocycles. The van der Waals surface area contributed by atoms with Gasteiger partial charge in [-0.1, -0.05) is 23.7 Å². The summed E-state index contributed by atoms with van der Waals surface area (Å²) in [6.45, 7) is 2.14. The Balaban J connectivity index is 2.06. The number of nitrogens with zero attached hydrogens (tertiary/aromatic N) is 2. The van der Waals surface area contributed by atoms with Gasteiger partial charge in [-0.25, -0.2) is 0 Å². The highest BCUT2D eigenvalue weighted by atomic mass is 35.5. The molecular weight excluding hydrogens is 307 g/mol. The average molecular weight is 320 g/mol. The number of hydrogen-bond acceptors (Lipinski definition) is 4. The second-order valence-corrected chi connectivity index (χ2v) is 4.81. The minimum Gasteiger partial charge on any atom is -0.376 e. The maximum Gasteiger partial charge on any atom is 0.417 e. The first kappa shape index (κ1) is 15.6. The van der Waals surface area contributed by atoms with Crippen molar-refractivity contribution in [2.45, 2.75) is 32.5 Å². The lowest BCUT2D eigenvalue weighted by Gasteiger charge is -2.11. The zero-order valence-electron chi connectivity index (χ0n) is 11.2. The van der Waals surface area contributed by atoms with Crippen LogP contribution in [0, 0.1) is 0 Å². The van der Waals surface area contributed by atoms with E-state index in [2.05, 4.69) is 15.5 Å². The quantitative estimate of drug-likeness (QED) is 0.892. The third-order valence-corrected chi connectivity index (χ3v) is 3.03. The van der Waals surface area contributed by atoms with Crippen molar-refractivity contribution in [3.05, 3.63) is 40.5 Å². The lowest BCUT2D eigenvalue weighted by atomic mass is 10.2. The normalized spacial score (nSPS) is 11.7. The first-order valence-corrected chi connectivity index (χ1v) is 6.70. The van der Waals surface area contributed by atoms with Gasteiger partial charge in [0, 0.05) is 12.1 Å². The van der Waals surface area contributed by atoms with E-state index < -0.39 is 11.7 Å². The fourth-order valence-electron chi connectivity index (χ4n) is 1.72. The third kappa shape index (κ3) is 4.10. The molecule has 0 radical (unpaired) electrons. The van der Waals surface area contributed by atoms with Crippen LogP contribution in [0.3, 0.4) is 0 Å². The Morgan fingerprint density at radius 2 is 2.10 bits per heavy atom. The summed E-state index contributed by atoms with van der Waals surface area (Å²) < 4.78 is 43.2. The number of anilines is 1. The number of alkyl halides is 3. The van der Waals surface area contributed by atoms with E-state index in [1.54, 1.807) is 0 Å². The Labute approximate surface area is 124 Å². The molecule has 0 bridgehead atoms. The van der Waals surface area contributed by atoms with E-state index in [1.807, 2.05) is 6.92 Å². The van der Waals surface area contributed by atoms with Crippen LogP contribution in [0.25, 0.3) is 0 Å². The number of benzene rings is 1. The fraction of sp³-hybridized carbons (Fsp3) is 0.385. The van der Waals surface area contributed by atoms with Crippen LogP contribution in [0.4, 0.5) is 18.9 Å². The van der Waals surface area contributed by atoms with E-state index in [4.69, 9.17) is 16.1 Å². The first-order chi connectivity index (χ1) is 9.90. The summed E-state index contributed by atoms with van der Waals surface area (Å²) in [6, 6.07) is 3.61. The molecule has 0 amide bonds. The van der Waals surface area contributed by atoms with Gasteiger partial charge < -0.3 is 9.84 Å². The van der Waals surface area contributed by atoms with Crippen molar-refractivity contribution in [3.8, 4) is 0 Å². The zero-order valence-corrected chi connectivity index (χ0v) is 11.9. The largest absolute Gasteiger partial charge is 0.417 e. The lowest BCUT2D eigenvalue weighted by molar-refractivity contribution is -0.137. The highest BCUT2D eigenvalue weighted by Gasteiger charge is 2.33. The molecule has 114 valence electrons. The van der Waals surface area contributed by atoms with Crippen molar-refractivity contribution in [3.63, 3.8) is 0 Å². The molecule has 0 saturated heterocycles. The van der Waals surface area contributed by atoms with Crippen molar-refractivity contribution in [1.29, 1.82) is 0 Å². The van der Waals surface area contributed by atoms with E-state index in [-0.39, 0.29) is 17.3 Å². The zero-order chi connectivity index (χ0) is 15.5. The van der Waals surface area contributed by atoms with Gasteiger partial charge in [0.1, 0.15) is 0 Å². The number of aryl methyl sites for hydroxylation is 1. The Hall–Kier alpha value is -1.76. The van der Waals surface area contributed by atoms with Crippen molar-refractivity contribution >= 4 is 17.3 Å². The SMILES string of the molecule is CCCc1noc(CNc2ccc(Cl)c(C(F)(F)F)c2)n1. The van der Waals surface area contributed by atoms with Crippen molar-refractivity contribution in [1.82, 2.24) is 10.1 Å². The highest BCUT2D eigenvalue weighted by Crippen LogP contribution is 2.36. The maximum atomic E-state index is 12.7. The summed E-state index contributed by atoms with van der Waals surface area (Å²) in [5.74, 6) is 0.906. The molecule has 2 rings (SSSR count). The number of nitrogens with one attached hydrogen (secondary N) is 1. The summed E-state index contributed by atoms with van der Waals surface area (Å²) in [6.07, 6.45) is -2.91. The number of aromatic nitrogens is 2. The van der Waals surface area contributed by atoms with E-state index >= 15 is 0 Å². The molecular formula is C13H13ClF3N3O. The van der Waals surface area contributed by atoms with Crippen molar-refractivity contribution in [2.24, 2.45) is 0 Å². The molecule has 1 aromatic carbocycles. The Morgan fingerprint density at radius 1 is 1.33 bits per heavy atom. The van der Waals surface area contributed by atoms with Gasteiger partial charge in [0.25, 0.3) is 0 Å². The smallest absolute Gasteiger partial charge is 0.376 e. The van der Waals surface area contributed by atoms with Gasteiger partial charge in [0.15, 0.2) is 5.82 Å². The molecule has 0 fully saturated rings. The first-order valence-electron chi connectivity index (χ1n) is 6.32. The van der Waals surface area contributed by atoms with Crippen LogP contribution in [-0.2, 0) is 19.1 Å². The average Bonchev–Trinajstić information content (AvgIpc) is 2.85. The van der Waals surface area contributed by atoms with Gasteiger partial charge in [0.05, 0.1) is 17.1 Å². The molecule has 1 aromatic heterocycles. The van der Waals surface area contributed by atoms with Crippen LogP contribution in [0.2, 0.25) is 5.02 Å². The van der Waals surface area contributed by atoms with Crippen LogP contribution in [0.15, 0.2) is 22.7 Å². The topological polar surface area (TPSA) is 51.0 Å². The van der Waals surface area contributed by atoms with Crippen LogP contribution >= 0.6 is 11.6 Å². The van der Waals surface area contributed by atoms with Gasteiger partial charge in [-0.3, -0.25) is 0 Å².